The second-order valence-corrected chi connectivity index (χ2v) is 7.23. The molecule has 0 aliphatic carbocycles. The third kappa shape index (κ3) is 56.3. The summed E-state index contributed by atoms with van der Waals surface area (Å²) in [5.74, 6) is 4.48. The number of rotatable bonds is 9. The zero-order chi connectivity index (χ0) is 22.1. The van der Waals surface area contributed by atoms with E-state index < -0.39 is 5.97 Å². The highest BCUT2D eigenvalue weighted by Crippen LogP contribution is 1.99. The second kappa shape index (κ2) is 30.6. The van der Waals surface area contributed by atoms with Gasteiger partial charge in [-0.25, -0.2) is 0 Å². The number of unbranched alkanes of at least 4 members (excludes halogenated alkanes) is 2. The summed E-state index contributed by atoms with van der Waals surface area (Å²) in [7, 11) is 8.24. The highest BCUT2D eigenvalue weighted by atomic mass is 79.9. The molecule has 0 bridgehead atoms. The normalized spacial score (nSPS) is 8.61. The number of carbonyl (C=O) groups is 1. The topological polar surface area (TPSA) is 74.7 Å². The first-order valence-electron chi connectivity index (χ1n) is 8.69. The molecule has 0 rings (SSSR count). The van der Waals surface area contributed by atoms with Gasteiger partial charge in [-0.15, -0.1) is 29.8 Å². The van der Waals surface area contributed by atoms with Crippen LogP contribution in [-0.2, 0) is 14.4 Å². The number of carbonyl (C=O) groups excluding carboxylic acids is 2. The van der Waals surface area contributed by atoms with Crippen LogP contribution in [0.2, 0.25) is 0 Å². The molecule has 0 aromatic carbocycles. The van der Waals surface area contributed by atoms with E-state index in [1.165, 1.54) is 19.4 Å². The molecule has 1 N–H and O–H groups in total. The van der Waals surface area contributed by atoms with Gasteiger partial charge in [0.25, 0.3) is 0 Å². The molecule has 0 unspecified atom stereocenters. The molecule has 0 fully saturated rings. The molecule has 0 saturated heterocycles. The molecule has 0 aliphatic rings. The molecule has 0 saturated carbocycles. The Morgan fingerprint density at radius 2 is 1.61 bits per heavy atom. The van der Waals surface area contributed by atoms with Gasteiger partial charge in [0.05, 0.1) is 27.2 Å². The van der Waals surface area contributed by atoms with Gasteiger partial charge in [0.15, 0.2) is 0 Å². The number of halogens is 2. The largest absolute Gasteiger partial charge is 0.481 e. The van der Waals surface area contributed by atoms with Gasteiger partial charge in [-0.3, -0.25) is 9.69 Å². The zero-order valence-corrected chi connectivity index (χ0v) is 21.2. The molecule has 0 amide bonds. The van der Waals surface area contributed by atoms with Crippen LogP contribution >= 0.6 is 32.9 Å². The Hall–Kier alpha value is -1.15. The second-order valence-electron chi connectivity index (χ2n) is 6.44. The van der Waals surface area contributed by atoms with Crippen molar-refractivity contribution in [3.8, 4) is 24.7 Å². The average molecular weight is 529 g/mol. The Morgan fingerprint density at radius 1 is 1.11 bits per heavy atom. The average Bonchev–Trinajstić information content (AvgIpc) is 2.55. The van der Waals surface area contributed by atoms with Crippen molar-refractivity contribution >= 4 is 45.0 Å². The van der Waals surface area contributed by atoms with Gasteiger partial charge in [-0.1, -0.05) is 35.2 Å². The van der Waals surface area contributed by atoms with Crippen molar-refractivity contribution in [2.45, 2.75) is 39.0 Å². The summed E-state index contributed by atoms with van der Waals surface area (Å²) < 4.78 is 0.963. The first-order valence-corrected chi connectivity index (χ1v) is 9.81. The van der Waals surface area contributed by atoms with E-state index in [0.717, 1.165) is 35.7 Å². The van der Waals surface area contributed by atoms with Gasteiger partial charge in [-0.05, 0) is 39.3 Å². The van der Waals surface area contributed by atoms with E-state index in [4.69, 9.17) is 27.5 Å². The van der Waals surface area contributed by atoms with Gasteiger partial charge >= 0.3 is 12.1 Å². The maximum Gasteiger partial charge on any atom is 0.373 e. The molecular formula is C20H37Br2N2O4+. The van der Waals surface area contributed by atoms with E-state index in [-0.39, 0.29) is 23.1 Å². The Balaban J connectivity index is -0.0000000887. The predicted octanol–water partition coefficient (Wildman–Crippen LogP) is 3.31. The number of hydrogen-bond donors (Lipinski definition) is 1. The van der Waals surface area contributed by atoms with Crippen molar-refractivity contribution in [1.82, 2.24) is 4.90 Å². The van der Waals surface area contributed by atoms with Gasteiger partial charge in [0.1, 0.15) is 6.54 Å². The third-order valence-electron chi connectivity index (χ3n) is 2.82. The lowest BCUT2D eigenvalue weighted by Gasteiger charge is -2.26. The fraction of sp³-hybridized carbons (Fsp3) is 0.700. The standard InChI is InChI=1S/C9H18N.C5H9BrO2.C5H9N.CO2.BrH/c1-5-7-9-10(3,4)8-6-2;6-4-2-1-3-5(7)8;1-4-5-6(2)3;2-1-3;/h2H,5,7-9H2,1,3-4H3;1-4H2,(H,7,8);1H,5H2,2-3H3;;1H/q+1;;;;. The highest BCUT2D eigenvalue weighted by molar-refractivity contribution is 9.09. The van der Waals surface area contributed by atoms with Gasteiger partial charge in [-0.2, -0.15) is 9.59 Å². The van der Waals surface area contributed by atoms with Crippen LogP contribution in [0.1, 0.15) is 39.0 Å². The van der Waals surface area contributed by atoms with Crippen LogP contribution in [0.25, 0.3) is 0 Å². The molecule has 8 heteroatoms. The Morgan fingerprint density at radius 3 is 1.86 bits per heavy atom. The van der Waals surface area contributed by atoms with E-state index in [1.54, 1.807) is 0 Å². The molecule has 0 aromatic heterocycles. The van der Waals surface area contributed by atoms with Crippen molar-refractivity contribution < 1.29 is 24.0 Å². The van der Waals surface area contributed by atoms with Crippen molar-refractivity contribution in [3.05, 3.63) is 0 Å². The molecule has 0 spiro atoms. The lowest BCUT2D eigenvalue weighted by molar-refractivity contribution is -0.883. The fourth-order valence-electron chi connectivity index (χ4n) is 1.47. The van der Waals surface area contributed by atoms with Crippen molar-refractivity contribution in [3.63, 3.8) is 0 Å². The number of hydrogen-bond acceptors (Lipinski definition) is 4. The van der Waals surface area contributed by atoms with Crippen LogP contribution in [0.15, 0.2) is 0 Å². The number of quaternary nitrogens is 1. The third-order valence-corrected chi connectivity index (χ3v) is 3.38. The smallest absolute Gasteiger partial charge is 0.373 e. The minimum Gasteiger partial charge on any atom is -0.481 e. The number of nitrogens with zero attached hydrogens (tertiary/aromatic N) is 2. The molecule has 0 aliphatic heterocycles. The SMILES string of the molecule is Br.C#CCN(C)C.C#CC[N+](C)(C)CCCC.O=C(O)CCCCBr.O=C=O. The van der Waals surface area contributed by atoms with Crippen molar-refractivity contribution in [1.29, 1.82) is 0 Å². The number of carboxylic acids is 1. The predicted molar refractivity (Wildman–Crippen MR) is 124 cm³/mol. The molecule has 28 heavy (non-hydrogen) atoms. The Labute approximate surface area is 190 Å². The van der Waals surface area contributed by atoms with Crippen LogP contribution < -0.4 is 0 Å². The lowest BCUT2D eigenvalue weighted by Crippen LogP contribution is -2.40. The van der Waals surface area contributed by atoms with Gasteiger partial charge in [0, 0.05) is 11.8 Å². The minimum absolute atomic E-state index is 0. The first kappa shape index (κ1) is 37.6. The van der Waals surface area contributed by atoms with E-state index in [0.29, 0.717) is 6.42 Å². The number of carboxylic acid groups (broad SMARTS) is 1. The molecule has 0 heterocycles. The van der Waals surface area contributed by atoms with E-state index in [1.807, 2.05) is 19.0 Å². The van der Waals surface area contributed by atoms with Crippen LogP contribution in [0.3, 0.4) is 0 Å². The summed E-state index contributed by atoms with van der Waals surface area (Å²) in [6.45, 7) is 4.98. The van der Waals surface area contributed by atoms with E-state index in [9.17, 15) is 4.79 Å². The highest BCUT2D eigenvalue weighted by Gasteiger charge is 2.10. The number of alkyl halides is 1. The van der Waals surface area contributed by atoms with Crippen LogP contribution in [0.5, 0.6) is 0 Å². The van der Waals surface area contributed by atoms with Crippen LogP contribution in [-0.4, -0.2) is 79.8 Å². The summed E-state index contributed by atoms with van der Waals surface area (Å²) in [6.07, 6.45) is 15.0. The minimum atomic E-state index is -0.703. The summed E-state index contributed by atoms with van der Waals surface area (Å²) in [4.78, 5) is 28.1. The molecule has 6 nitrogen and oxygen atoms in total. The quantitative estimate of drug-likeness (QED) is 0.215. The van der Waals surface area contributed by atoms with Crippen LogP contribution in [0.4, 0.5) is 0 Å². The number of terminal acetylenes is 2. The summed E-state index contributed by atoms with van der Waals surface area (Å²) >= 11 is 3.21. The molecular weight excluding hydrogens is 492 g/mol. The zero-order valence-electron chi connectivity index (χ0n) is 17.9. The Bertz CT molecular complexity index is 450. The Kier molecular flexibility index (Phi) is 41.0. The van der Waals surface area contributed by atoms with Gasteiger partial charge < -0.3 is 9.59 Å². The maximum absolute atomic E-state index is 9.86. The van der Waals surface area contributed by atoms with Gasteiger partial charge in [0.2, 0.25) is 0 Å². The number of aliphatic carboxylic acids is 1. The fourth-order valence-corrected chi connectivity index (χ4v) is 1.86. The maximum atomic E-state index is 9.86. The first-order chi connectivity index (χ1) is 12.6. The lowest BCUT2D eigenvalue weighted by atomic mass is 10.3. The van der Waals surface area contributed by atoms with Crippen molar-refractivity contribution in [2.75, 3.05) is 53.2 Å². The van der Waals surface area contributed by atoms with E-state index in [2.05, 4.69) is 48.8 Å². The van der Waals surface area contributed by atoms with E-state index >= 15 is 0 Å². The summed E-state index contributed by atoms with van der Waals surface area (Å²) in [5.41, 5.74) is 0. The molecule has 0 atom stereocenters. The molecule has 164 valence electrons. The van der Waals surface area contributed by atoms with Crippen molar-refractivity contribution in [2.24, 2.45) is 0 Å². The monoisotopic (exact) mass is 527 g/mol. The summed E-state index contributed by atoms with van der Waals surface area (Å²) in [5, 5.41) is 9.03. The van der Waals surface area contributed by atoms with Crippen LogP contribution in [0, 0.1) is 24.7 Å². The summed E-state index contributed by atoms with van der Waals surface area (Å²) in [6, 6.07) is 0. The molecule has 0 aromatic rings. The molecule has 0 radical (unpaired) electrons.